The van der Waals surface area contributed by atoms with E-state index in [4.69, 9.17) is 9.15 Å². The van der Waals surface area contributed by atoms with Crippen molar-refractivity contribution in [3.05, 3.63) is 23.6 Å². The summed E-state index contributed by atoms with van der Waals surface area (Å²) in [6.07, 6.45) is 1.65. The fraction of sp³-hybridized carbons (Fsp3) is 0.300. The summed E-state index contributed by atoms with van der Waals surface area (Å²) >= 11 is 0. The van der Waals surface area contributed by atoms with Crippen molar-refractivity contribution in [1.29, 1.82) is 0 Å². The second-order valence-corrected chi connectivity index (χ2v) is 3.06. The molecule has 2 aromatic rings. The Kier molecular flexibility index (Phi) is 2.04. The van der Waals surface area contributed by atoms with E-state index in [1.165, 1.54) is 0 Å². The lowest BCUT2D eigenvalue weighted by Gasteiger charge is -1.96. The molecule has 0 saturated heterocycles. The van der Waals surface area contributed by atoms with Gasteiger partial charge in [0, 0.05) is 11.6 Å². The van der Waals surface area contributed by atoms with Crippen LogP contribution in [0.5, 0.6) is 0 Å². The molecular formula is C10H11NO3. The van der Waals surface area contributed by atoms with Crippen molar-refractivity contribution in [1.82, 2.24) is 4.98 Å². The molecule has 4 nitrogen and oxygen atoms in total. The highest BCUT2D eigenvalue weighted by Crippen LogP contribution is 2.20. The van der Waals surface area contributed by atoms with Crippen molar-refractivity contribution in [2.75, 3.05) is 6.61 Å². The molecular weight excluding hydrogens is 182 g/mol. The Morgan fingerprint density at radius 3 is 3.07 bits per heavy atom. The summed E-state index contributed by atoms with van der Waals surface area (Å²) < 4.78 is 10.1. The number of aryl methyl sites for hydroxylation is 1. The predicted molar refractivity (Wildman–Crippen MR) is 51.3 cm³/mol. The van der Waals surface area contributed by atoms with Gasteiger partial charge >= 0.3 is 5.97 Å². The van der Waals surface area contributed by atoms with Crippen LogP contribution in [0.4, 0.5) is 0 Å². The van der Waals surface area contributed by atoms with Crippen LogP contribution >= 0.6 is 0 Å². The van der Waals surface area contributed by atoms with Gasteiger partial charge in [0.1, 0.15) is 5.69 Å². The van der Waals surface area contributed by atoms with Gasteiger partial charge in [-0.15, -0.1) is 0 Å². The minimum Gasteiger partial charge on any atom is -0.462 e. The monoisotopic (exact) mass is 193 g/mol. The molecule has 0 fully saturated rings. The van der Waals surface area contributed by atoms with Crippen molar-refractivity contribution < 1.29 is 13.9 Å². The topological polar surface area (TPSA) is 55.2 Å². The highest BCUT2D eigenvalue weighted by Gasteiger charge is 2.13. The Balaban J connectivity index is 2.40. The number of H-pyrrole nitrogens is 1. The molecule has 0 aromatic carbocycles. The first-order chi connectivity index (χ1) is 6.72. The van der Waals surface area contributed by atoms with E-state index in [1.807, 2.05) is 6.92 Å². The van der Waals surface area contributed by atoms with Gasteiger partial charge in [0.05, 0.1) is 18.4 Å². The van der Waals surface area contributed by atoms with Gasteiger partial charge in [-0.05, 0) is 13.8 Å². The van der Waals surface area contributed by atoms with E-state index in [0.29, 0.717) is 17.9 Å². The van der Waals surface area contributed by atoms with Crippen LogP contribution in [0.15, 0.2) is 16.7 Å². The van der Waals surface area contributed by atoms with Crippen LogP contribution in [-0.2, 0) is 4.74 Å². The summed E-state index contributed by atoms with van der Waals surface area (Å²) in [5.74, 6) is -0.349. The minimum atomic E-state index is -0.349. The second-order valence-electron chi connectivity index (χ2n) is 3.06. The lowest BCUT2D eigenvalue weighted by atomic mass is 10.3. The first-order valence-corrected chi connectivity index (χ1v) is 4.46. The molecule has 0 bridgehead atoms. The van der Waals surface area contributed by atoms with Crippen LogP contribution in [0.1, 0.15) is 23.0 Å². The summed E-state index contributed by atoms with van der Waals surface area (Å²) in [7, 11) is 0. The van der Waals surface area contributed by atoms with Gasteiger partial charge < -0.3 is 14.1 Å². The molecule has 4 heteroatoms. The van der Waals surface area contributed by atoms with Gasteiger partial charge in [0.2, 0.25) is 0 Å². The quantitative estimate of drug-likeness (QED) is 0.744. The Labute approximate surface area is 80.9 Å². The van der Waals surface area contributed by atoms with Gasteiger partial charge in [0.15, 0.2) is 5.58 Å². The van der Waals surface area contributed by atoms with E-state index < -0.39 is 0 Å². The lowest BCUT2D eigenvalue weighted by molar-refractivity contribution is 0.0520. The molecule has 0 aliphatic carbocycles. The predicted octanol–water partition coefficient (Wildman–Crippen LogP) is 2.25. The maximum absolute atomic E-state index is 11.3. The molecule has 74 valence electrons. The molecule has 0 spiro atoms. The van der Waals surface area contributed by atoms with Gasteiger partial charge in [-0.2, -0.15) is 0 Å². The van der Waals surface area contributed by atoms with Gasteiger partial charge in [-0.25, -0.2) is 4.79 Å². The lowest BCUT2D eigenvalue weighted by Crippen LogP contribution is -2.04. The number of aromatic nitrogens is 1. The minimum absolute atomic E-state index is 0.349. The van der Waals surface area contributed by atoms with Crippen molar-refractivity contribution >= 4 is 17.1 Å². The van der Waals surface area contributed by atoms with E-state index in [1.54, 1.807) is 19.3 Å². The molecule has 14 heavy (non-hydrogen) atoms. The highest BCUT2D eigenvalue weighted by atomic mass is 16.5. The number of nitrogens with one attached hydrogen (secondary N) is 1. The number of rotatable bonds is 2. The third kappa shape index (κ3) is 1.28. The van der Waals surface area contributed by atoms with Crippen LogP contribution < -0.4 is 0 Å². The summed E-state index contributed by atoms with van der Waals surface area (Å²) in [6, 6.07) is 1.65. The Morgan fingerprint density at radius 2 is 2.43 bits per heavy atom. The van der Waals surface area contributed by atoms with E-state index in [2.05, 4.69) is 4.98 Å². The number of ether oxygens (including phenoxy) is 1. The Morgan fingerprint density at radius 1 is 1.64 bits per heavy atom. The number of hydrogen-bond acceptors (Lipinski definition) is 3. The summed E-state index contributed by atoms with van der Waals surface area (Å²) in [4.78, 5) is 14.3. The molecule has 0 amide bonds. The van der Waals surface area contributed by atoms with Crippen LogP contribution in [-0.4, -0.2) is 17.6 Å². The highest BCUT2D eigenvalue weighted by molar-refractivity contribution is 5.93. The van der Waals surface area contributed by atoms with E-state index in [9.17, 15) is 4.79 Å². The van der Waals surface area contributed by atoms with E-state index >= 15 is 0 Å². The van der Waals surface area contributed by atoms with Crippen LogP contribution in [0.25, 0.3) is 11.1 Å². The number of aromatic amines is 1. The first-order valence-electron chi connectivity index (χ1n) is 4.46. The average molecular weight is 193 g/mol. The smallest absolute Gasteiger partial charge is 0.354 e. The number of carbonyl (C=O) groups is 1. The molecule has 0 saturated carbocycles. The largest absolute Gasteiger partial charge is 0.462 e. The Hall–Kier alpha value is -1.71. The zero-order valence-corrected chi connectivity index (χ0v) is 8.09. The standard InChI is InChI=1S/C10H11NO3/c1-3-13-10(12)7-4-8-9(11-7)6(2)5-14-8/h4-5,11H,3H2,1-2H3. The third-order valence-corrected chi connectivity index (χ3v) is 2.03. The first kappa shape index (κ1) is 8.87. The summed E-state index contributed by atoms with van der Waals surface area (Å²) in [5, 5.41) is 0. The maximum Gasteiger partial charge on any atom is 0.354 e. The van der Waals surface area contributed by atoms with Crippen molar-refractivity contribution in [3.63, 3.8) is 0 Å². The molecule has 2 rings (SSSR count). The van der Waals surface area contributed by atoms with Crippen molar-refractivity contribution in [3.8, 4) is 0 Å². The molecule has 2 aromatic heterocycles. The van der Waals surface area contributed by atoms with Crippen LogP contribution in [0, 0.1) is 6.92 Å². The SMILES string of the molecule is CCOC(=O)c1cc2occ(C)c2[nH]1. The number of furan rings is 1. The maximum atomic E-state index is 11.3. The normalized spacial score (nSPS) is 10.7. The molecule has 0 unspecified atom stereocenters. The molecule has 0 aliphatic heterocycles. The second kappa shape index (κ2) is 3.21. The molecule has 1 N–H and O–H groups in total. The summed E-state index contributed by atoms with van der Waals surface area (Å²) in [6.45, 7) is 4.06. The molecule has 0 radical (unpaired) electrons. The van der Waals surface area contributed by atoms with Crippen LogP contribution in [0.3, 0.4) is 0 Å². The zero-order chi connectivity index (χ0) is 10.1. The zero-order valence-electron chi connectivity index (χ0n) is 8.09. The van der Waals surface area contributed by atoms with Gasteiger partial charge in [0.25, 0.3) is 0 Å². The number of fused-ring (bicyclic) bond motifs is 1. The van der Waals surface area contributed by atoms with E-state index in [-0.39, 0.29) is 5.97 Å². The number of esters is 1. The molecule has 2 heterocycles. The molecule has 0 aliphatic rings. The fourth-order valence-electron chi connectivity index (χ4n) is 1.35. The van der Waals surface area contributed by atoms with Crippen molar-refractivity contribution in [2.24, 2.45) is 0 Å². The van der Waals surface area contributed by atoms with Gasteiger partial charge in [-0.3, -0.25) is 0 Å². The third-order valence-electron chi connectivity index (χ3n) is 2.03. The Bertz CT molecular complexity index is 467. The fourth-order valence-corrected chi connectivity index (χ4v) is 1.35. The van der Waals surface area contributed by atoms with Crippen LogP contribution in [0.2, 0.25) is 0 Å². The summed E-state index contributed by atoms with van der Waals surface area (Å²) in [5.41, 5.74) is 2.96. The molecule has 0 atom stereocenters. The number of hydrogen-bond donors (Lipinski definition) is 1. The number of carbonyl (C=O) groups excluding carboxylic acids is 1. The van der Waals surface area contributed by atoms with Gasteiger partial charge in [-0.1, -0.05) is 0 Å². The van der Waals surface area contributed by atoms with Crippen molar-refractivity contribution in [2.45, 2.75) is 13.8 Å². The van der Waals surface area contributed by atoms with E-state index in [0.717, 1.165) is 11.1 Å². The average Bonchev–Trinajstić information content (AvgIpc) is 2.69.